The number of phenols is 1. The minimum absolute atomic E-state index is 0.115. The highest BCUT2D eigenvalue weighted by Gasteiger charge is 2.18. The minimum Gasteiger partial charge on any atom is -0.504 e. The normalized spacial score (nSPS) is 19.6. The van der Waals surface area contributed by atoms with Gasteiger partial charge in [-0.05, 0) is 17.7 Å². The Kier molecular flexibility index (Phi) is 2.42. The molecule has 6 heteroatoms. The Morgan fingerprint density at radius 1 is 1.53 bits per heavy atom. The summed E-state index contributed by atoms with van der Waals surface area (Å²) in [6.07, 6.45) is -0.218. The van der Waals surface area contributed by atoms with E-state index in [1.54, 1.807) is 25.2 Å². The monoisotopic (exact) mass is 208 g/mol. The highest BCUT2D eigenvalue weighted by atomic mass is 16.5. The van der Waals surface area contributed by atoms with Crippen molar-refractivity contribution in [3.8, 4) is 11.5 Å². The molecule has 2 N–H and O–H groups in total. The Labute approximate surface area is 87.1 Å². The van der Waals surface area contributed by atoms with Crippen LogP contribution in [-0.4, -0.2) is 24.4 Å². The van der Waals surface area contributed by atoms with Crippen LogP contribution in [0.2, 0.25) is 0 Å². The summed E-state index contributed by atoms with van der Waals surface area (Å²) in [5.41, 5.74) is 3.89. The Morgan fingerprint density at radius 3 is 2.93 bits per heavy atom. The summed E-state index contributed by atoms with van der Waals surface area (Å²) < 4.78 is 5.01. The van der Waals surface area contributed by atoms with Gasteiger partial charge in [0.05, 0.1) is 7.11 Å². The highest BCUT2D eigenvalue weighted by molar-refractivity contribution is 5.42. The molecule has 1 unspecified atom stereocenters. The van der Waals surface area contributed by atoms with Gasteiger partial charge in [0, 0.05) is 7.05 Å². The van der Waals surface area contributed by atoms with Crippen LogP contribution >= 0.6 is 0 Å². The lowest BCUT2D eigenvalue weighted by Crippen LogP contribution is -2.26. The van der Waals surface area contributed by atoms with Crippen molar-refractivity contribution in [2.75, 3.05) is 14.2 Å². The quantitative estimate of drug-likeness (QED) is 0.766. The zero-order valence-electron chi connectivity index (χ0n) is 8.51. The Bertz CT molecular complexity index is 394. The van der Waals surface area contributed by atoms with Gasteiger partial charge in [0.25, 0.3) is 0 Å². The molecule has 1 aliphatic heterocycles. The van der Waals surface area contributed by atoms with Gasteiger partial charge in [0.2, 0.25) is 0 Å². The number of benzene rings is 1. The zero-order valence-corrected chi connectivity index (χ0v) is 8.51. The van der Waals surface area contributed by atoms with Crippen molar-refractivity contribution >= 4 is 0 Å². The van der Waals surface area contributed by atoms with E-state index in [1.165, 1.54) is 12.2 Å². The van der Waals surface area contributed by atoms with E-state index in [1.807, 2.05) is 0 Å². The first-order chi connectivity index (χ1) is 7.20. The molecule has 80 valence electrons. The van der Waals surface area contributed by atoms with Gasteiger partial charge in [0.15, 0.2) is 17.7 Å². The van der Waals surface area contributed by atoms with Gasteiger partial charge in [-0.1, -0.05) is 11.3 Å². The van der Waals surface area contributed by atoms with Gasteiger partial charge >= 0.3 is 0 Å². The molecular formula is C9H12N4O2. The standard InChI is InChI=1S/C9H12N4O2/c1-13-11-9(10-12-13)6-3-4-7(14)8(5-6)15-2/h3-5,9,11,14H,1-2H3. The Hall–Kier alpha value is -1.82. The zero-order chi connectivity index (χ0) is 10.8. The highest BCUT2D eigenvalue weighted by Crippen LogP contribution is 2.30. The number of ether oxygens (including phenoxy) is 1. The minimum atomic E-state index is -0.218. The Morgan fingerprint density at radius 2 is 2.33 bits per heavy atom. The van der Waals surface area contributed by atoms with E-state index in [2.05, 4.69) is 15.8 Å². The van der Waals surface area contributed by atoms with E-state index in [9.17, 15) is 5.11 Å². The molecule has 0 amide bonds. The van der Waals surface area contributed by atoms with Gasteiger partial charge in [-0.15, -0.1) is 5.11 Å². The molecule has 0 radical (unpaired) electrons. The first kappa shape index (κ1) is 9.72. The van der Waals surface area contributed by atoms with Crippen LogP contribution in [0.1, 0.15) is 11.7 Å². The van der Waals surface area contributed by atoms with Gasteiger partial charge < -0.3 is 9.84 Å². The number of phenolic OH excluding ortho intramolecular Hbond substituents is 1. The molecule has 0 aliphatic carbocycles. The number of nitrogens with one attached hydrogen (secondary N) is 1. The summed E-state index contributed by atoms with van der Waals surface area (Å²) in [6.45, 7) is 0. The lowest BCUT2D eigenvalue weighted by Gasteiger charge is -2.11. The second-order valence-electron chi connectivity index (χ2n) is 3.19. The topological polar surface area (TPSA) is 69.5 Å². The lowest BCUT2D eigenvalue weighted by atomic mass is 10.1. The van der Waals surface area contributed by atoms with Crippen molar-refractivity contribution in [3.05, 3.63) is 23.8 Å². The maximum atomic E-state index is 9.42. The fourth-order valence-electron chi connectivity index (χ4n) is 1.36. The first-order valence-corrected chi connectivity index (χ1v) is 4.48. The number of hydrogen-bond acceptors (Lipinski definition) is 6. The van der Waals surface area contributed by atoms with E-state index in [0.717, 1.165) is 5.56 Å². The third-order valence-corrected chi connectivity index (χ3v) is 2.13. The average molecular weight is 208 g/mol. The maximum Gasteiger partial charge on any atom is 0.166 e. The molecule has 0 saturated carbocycles. The summed E-state index contributed by atoms with van der Waals surface area (Å²) in [7, 11) is 3.27. The number of hydrazine groups is 1. The summed E-state index contributed by atoms with van der Waals surface area (Å²) in [6, 6.07) is 5.07. The third kappa shape index (κ3) is 1.84. The van der Waals surface area contributed by atoms with Crippen LogP contribution < -0.4 is 10.2 Å². The lowest BCUT2D eigenvalue weighted by molar-refractivity contribution is 0.262. The van der Waals surface area contributed by atoms with Crippen LogP contribution in [-0.2, 0) is 0 Å². The fraction of sp³-hybridized carbons (Fsp3) is 0.333. The molecule has 1 aromatic rings. The number of methoxy groups -OCH3 is 1. The molecule has 6 nitrogen and oxygen atoms in total. The van der Waals surface area contributed by atoms with Crippen LogP contribution in [0.15, 0.2) is 28.5 Å². The second-order valence-corrected chi connectivity index (χ2v) is 3.19. The van der Waals surface area contributed by atoms with E-state index in [4.69, 9.17) is 4.74 Å². The van der Waals surface area contributed by atoms with Gasteiger partial charge in [-0.2, -0.15) is 5.43 Å². The van der Waals surface area contributed by atoms with Crippen molar-refractivity contribution in [1.82, 2.24) is 10.5 Å². The van der Waals surface area contributed by atoms with Crippen molar-refractivity contribution in [1.29, 1.82) is 0 Å². The summed E-state index contributed by atoms with van der Waals surface area (Å²) >= 11 is 0. The maximum absolute atomic E-state index is 9.42. The summed E-state index contributed by atoms with van der Waals surface area (Å²) in [5.74, 6) is 0.545. The second kappa shape index (κ2) is 3.74. The van der Waals surface area contributed by atoms with Crippen molar-refractivity contribution in [2.24, 2.45) is 10.3 Å². The van der Waals surface area contributed by atoms with E-state index >= 15 is 0 Å². The molecule has 1 atom stereocenters. The van der Waals surface area contributed by atoms with E-state index in [-0.39, 0.29) is 11.9 Å². The Balaban J connectivity index is 2.26. The SMILES string of the molecule is COc1cc(C2N=NN(C)N2)ccc1O. The fourth-order valence-corrected chi connectivity index (χ4v) is 1.36. The number of nitrogens with zero attached hydrogens (tertiary/aromatic N) is 3. The van der Waals surface area contributed by atoms with Gasteiger partial charge in [-0.25, -0.2) is 5.12 Å². The van der Waals surface area contributed by atoms with Crippen LogP contribution in [0.3, 0.4) is 0 Å². The molecule has 0 saturated heterocycles. The van der Waals surface area contributed by atoms with Crippen molar-refractivity contribution in [2.45, 2.75) is 6.17 Å². The molecule has 1 aromatic carbocycles. The smallest absolute Gasteiger partial charge is 0.166 e. The van der Waals surface area contributed by atoms with Crippen LogP contribution in [0.4, 0.5) is 0 Å². The predicted molar refractivity (Wildman–Crippen MR) is 53.2 cm³/mol. The van der Waals surface area contributed by atoms with E-state index in [0.29, 0.717) is 5.75 Å². The van der Waals surface area contributed by atoms with Crippen molar-refractivity contribution in [3.63, 3.8) is 0 Å². The molecule has 0 spiro atoms. The van der Waals surface area contributed by atoms with Gasteiger partial charge in [-0.3, -0.25) is 0 Å². The summed E-state index contributed by atoms with van der Waals surface area (Å²) in [4.78, 5) is 0. The van der Waals surface area contributed by atoms with Crippen LogP contribution in [0.25, 0.3) is 0 Å². The third-order valence-electron chi connectivity index (χ3n) is 2.13. The number of aromatic hydroxyl groups is 1. The molecule has 15 heavy (non-hydrogen) atoms. The molecule has 0 bridgehead atoms. The molecule has 1 aliphatic rings. The summed E-state index contributed by atoms with van der Waals surface area (Å²) in [5, 5.41) is 18.8. The number of rotatable bonds is 2. The van der Waals surface area contributed by atoms with Crippen LogP contribution in [0, 0.1) is 0 Å². The van der Waals surface area contributed by atoms with Crippen LogP contribution in [0.5, 0.6) is 11.5 Å². The largest absolute Gasteiger partial charge is 0.504 e. The molecule has 1 heterocycles. The number of hydrogen-bond donors (Lipinski definition) is 2. The molecule has 2 rings (SSSR count). The first-order valence-electron chi connectivity index (χ1n) is 4.48. The predicted octanol–water partition coefficient (Wildman–Crippen LogP) is 1.22. The molecule has 0 aromatic heterocycles. The average Bonchev–Trinajstić information content (AvgIpc) is 2.66. The van der Waals surface area contributed by atoms with E-state index < -0.39 is 0 Å². The van der Waals surface area contributed by atoms with Crippen molar-refractivity contribution < 1.29 is 9.84 Å². The molecule has 0 fully saturated rings. The van der Waals surface area contributed by atoms with Gasteiger partial charge in [0.1, 0.15) is 0 Å². The molecular weight excluding hydrogens is 196 g/mol.